The summed E-state index contributed by atoms with van der Waals surface area (Å²) >= 11 is 11.8. The summed E-state index contributed by atoms with van der Waals surface area (Å²) < 4.78 is 30.6. The Balaban J connectivity index is 2.08. The fourth-order valence-electron chi connectivity index (χ4n) is 2.14. The number of nitrogens with zero attached hydrogens (tertiary/aromatic N) is 1. The first kappa shape index (κ1) is 21.2. The molecule has 144 valence electrons. The van der Waals surface area contributed by atoms with E-state index >= 15 is 0 Å². The molecule has 0 radical (unpaired) electrons. The number of carbonyl (C=O) groups is 2. The first-order valence-corrected chi connectivity index (χ1v) is 9.74. The molecule has 0 spiro atoms. The molecule has 27 heavy (non-hydrogen) atoms. The van der Waals surface area contributed by atoms with Crippen molar-refractivity contribution in [2.75, 3.05) is 26.0 Å². The van der Waals surface area contributed by atoms with Gasteiger partial charge in [0, 0.05) is 17.8 Å². The summed E-state index contributed by atoms with van der Waals surface area (Å²) in [6, 6.07) is 10.0. The SMILES string of the molecule is COC(=O)c1ccc(NC(=O)CN(C)S(=O)(=O)c2cc(Cl)ccc2Cl)cc1. The maximum Gasteiger partial charge on any atom is 0.337 e. The first-order chi connectivity index (χ1) is 12.6. The highest BCUT2D eigenvalue weighted by Crippen LogP contribution is 2.27. The Morgan fingerprint density at radius 3 is 2.33 bits per heavy atom. The van der Waals surface area contributed by atoms with Crippen LogP contribution >= 0.6 is 23.2 Å². The van der Waals surface area contributed by atoms with Crippen LogP contribution in [0.15, 0.2) is 47.4 Å². The summed E-state index contributed by atoms with van der Waals surface area (Å²) in [5, 5.41) is 2.76. The zero-order valence-electron chi connectivity index (χ0n) is 14.4. The van der Waals surface area contributed by atoms with E-state index in [-0.39, 0.29) is 14.9 Å². The number of sulfonamides is 1. The van der Waals surface area contributed by atoms with Gasteiger partial charge in [0.25, 0.3) is 0 Å². The molecule has 1 N–H and O–H groups in total. The third-order valence-electron chi connectivity index (χ3n) is 3.54. The minimum atomic E-state index is -4.01. The molecule has 0 fully saturated rings. The van der Waals surface area contributed by atoms with E-state index in [9.17, 15) is 18.0 Å². The number of amides is 1. The normalized spacial score (nSPS) is 11.3. The number of hydrogen-bond acceptors (Lipinski definition) is 5. The molecular formula is C17H16Cl2N2O5S. The Hall–Kier alpha value is -2.13. The Morgan fingerprint density at radius 1 is 1.11 bits per heavy atom. The number of nitrogens with one attached hydrogen (secondary N) is 1. The molecule has 0 saturated heterocycles. The van der Waals surface area contributed by atoms with E-state index in [4.69, 9.17) is 23.2 Å². The molecule has 0 unspecified atom stereocenters. The maximum atomic E-state index is 12.6. The fraction of sp³-hybridized carbons (Fsp3) is 0.176. The second-order valence-electron chi connectivity index (χ2n) is 5.45. The van der Waals surface area contributed by atoms with Gasteiger partial charge in [-0.1, -0.05) is 23.2 Å². The predicted octanol–water partition coefficient (Wildman–Crippen LogP) is 3.04. The first-order valence-electron chi connectivity index (χ1n) is 7.55. The maximum absolute atomic E-state index is 12.6. The molecule has 10 heteroatoms. The lowest BCUT2D eigenvalue weighted by Gasteiger charge is -2.18. The van der Waals surface area contributed by atoms with Crippen LogP contribution < -0.4 is 5.32 Å². The molecule has 1 amide bonds. The average Bonchev–Trinajstić information content (AvgIpc) is 2.63. The van der Waals surface area contributed by atoms with Crippen LogP contribution in [-0.4, -0.2) is 45.3 Å². The summed E-state index contributed by atoms with van der Waals surface area (Å²) in [6.45, 7) is -0.441. The second-order valence-corrected chi connectivity index (χ2v) is 8.31. The van der Waals surface area contributed by atoms with Gasteiger partial charge in [0.1, 0.15) is 4.90 Å². The van der Waals surface area contributed by atoms with Crippen molar-refractivity contribution >= 4 is 50.8 Å². The van der Waals surface area contributed by atoms with Crippen LogP contribution in [0, 0.1) is 0 Å². The van der Waals surface area contributed by atoms with Gasteiger partial charge in [-0.15, -0.1) is 0 Å². The lowest BCUT2D eigenvalue weighted by Crippen LogP contribution is -2.35. The van der Waals surface area contributed by atoms with Gasteiger partial charge in [-0.3, -0.25) is 4.79 Å². The average molecular weight is 431 g/mol. The number of likely N-dealkylation sites (N-methyl/N-ethyl adjacent to an activating group) is 1. The van der Waals surface area contributed by atoms with Crippen LogP contribution in [-0.2, 0) is 19.6 Å². The number of benzene rings is 2. The number of anilines is 1. The van der Waals surface area contributed by atoms with Crippen molar-refractivity contribution in [2.24, 2.45) is 0 Å². The lowest BCUT2D eigenvalue weighted by molar-refractivity contribution is -0.116. The number of halogens is 2. The monoisotopic (exact) mass is 430 g/mol. The third kappa shape index (κ3) is 5.20. The minimum absolute atomic E-state index is 0.00468. The van der Waals surface area contributed by atoms with Gasteiger partial charge in [0.05, 0.1) is 24.2 Å². The topological polar surface area (TPSA) is 92.8 Å². The number of hydrogen-bond donors (Lipinski definition) is 1. The van der Waals surface area contributed by atoms with Gasteiger partial charge in [-0.05, 0) is 42.5 Å². The third-order valence-corrected chi connectivity index (χ3v) is 6.06. The highest BCUT2D eigenvalue weighted by molar-refractivity contribution is 7.89. The molecule has 0 aliphatic carbocycles. The molecule has 0 aliphatic rings. The molecule has 0 atom stereocenters. The Bertz CT molecular complexity index is 962. The van der Waals surface area contributed by atoms with Crippen LogP contribution in [0.25, 0.3) is 0 Å². The summed E-state index contributed by atoms with van der Waals surface area (Å²) in [5.41, 5.74) is 0.727. The molecule has 0 bridgehead atoms. The van der Waals surface area contributed by atoms with Crippen molar-refractivity contribution in [1.82, 2.24) is 4.31 Å². The summed E-state index contributed by atoms with van der Waals surface area (Å²) in [6.07, 6.45) is 0. The Labute approximate surface area is 166 Å². The van der Waals surface area contributed by atoms with Crippen LogP contribution in [0.5, 0.6) is 0 Å². The van der Waals surface area contributed by atoms with Crippen LogP contribution in [0.1, 0.15) is 10.4 Å². The van der Waals surface area contributed by atoms with E-state index in [1.165, 1.54) is 56.6 Å². The number of ether oxygens (including phenoxy) is 1. The van der Waals surface area contributed by atoms with Gasteiger partial charge in [-0.2, -0.15) is 4.31 Å². The van der Waals surface area contributed by atoms with Gasteiger partial charge in [0.2, 0.25) is 15.9 Å². The standard InChI is InChI=1S/C17H16Cl2N2O5S/c1-21(27(24,25)15-9-12(18)5-8-14(15)19)10-16(22)20-13-6-3-11(4-7-13)17(23)26-2/h3-9H,10H2,1-2H3,(H,20,22). The summed E-state index contributed by atoms with van der Waals surface area (Å²) in [7, 11) is -1.49. The number of esters is 1. The zero-order chi connectivity index (χ0) is 20.2. The molecule has 2 rings (SSSR count). The van der Waals surface area contributed by atoms with E-state index in [0.29, 0.717) is 11.3 Å². The van der Waals surface area contributed by atoms with E-state index in [2.05, 4.69) is 10.1 Å². The minimum Gasteiger partial charge on any atom is -0.465 e. The van der Waals surface area contributed by atoms with Crippen LogP contribution in [0.4, 0.5) is 5.69 Å². The zero-order valence-corrected chi connectivity index (χ0v) is 16.7. The van der Waals surface area contributed by atoms with Crippen molar-refractivity contribution in [3.8, 4) is 0 Å². The quantitative estimate of drug-likeness (QED) is 0.710. The van der Waals surface area contributed by atoms with Crippen molar-refractivity contribution in [1.29, 1.82) is 0 Å². The predicted molar refractivity (Wildman–Crippen MR) is 103 cm³/mol. The van der Waals surface area contributed by atoms with Crippen LogP contribution in [0.3, 0.4) is 0 Å². The molecule has 0 saturated carbocycles. The van der Waals surface area contributed by atoms with E-state index in [1.807, 2.05) is 0 Å². The molecule has 2 aromatic rings. The van der Waals surface area contributed by atoms with E-state index < -0.39 is 28.4 Å². The van der Waals surface area contributed by atoms with Crippen molar-refractivity contribution in [3.05, 3.63) is 58.1 Å². The van der Waals surface area contributed by atoms with E-state index in [0.717, 1.165) is 4.31 Å². The summed E-state index contributed by atoms with van der Waals surface area (Å²) in [4.78, 5) is 23.4. The van der Waals surface area contributed by atoms with Crippen molar-refractivity contribution in [2.45, 2.75) is 4.90 Å². The van der Waals surface area contributed by atoms with Gasteiger partial charge in [-0.25, -0.2) is 13.2 Å². The molecule has 2 aromatic carbocycles. The summed E-state index contributed by atoms with van der Waals surface area (Å²) in [5.74, 6) is -1.07. The van der Waals surface area contributed by atoms with Crippen molar-refractivity contribution < 1.29 is 22.7 Å². The van der Waals surface area contributed by atoms with Crippen LogP contribution in [0.2, 0.25) is 10.0 Å². The molecule has 7 nitrogen and oxygen atoms in total. The van der Waals surface area contributed by atoms with Gasteiger partial charge >= 0.3 is 5.97 Å². The lowest BCUT2D eigenvalue weighted by atomic mass is 10.2. The number of methoxy groups -OCH3 is 1. The smallest absolute Gasteiger partial charge is 0.337 e. The fourth-order valence-corrected chi connectivity index (χ4v) is 4.00. The van der Waals surface area contributed by atoms with Gasteiger partial charge in [0.15, 0.2) is 0 Å². The molecule has 0 aliphatic heterocycles. The number of rotatable bonds is 6. The highest BCUT2D eigenvalue weighted by atomic mass is 35.5. The molecule has 0 heterocycles. The number of carbonyl (C=O) groups excluding carboxylic acids is 2. The van der Waals surface area contributed by atoms with Gasteiger partial charge < -0.3 is 10.1 Å². The van der Waals surface area contributed by atoms with Crippen molar-refractivity contribution in [3.63, 3.8) is 0 Å². The van der Waals surface area contributed by atoms with E-state index in [1.54, 1.807) is 0 Å². The molecular weight excluding hydrogens is 415 g/mol. The Kier molecular flexibility index (Phi) is 6.83. The Morgan fingerprint density at radius 2 is 1.74 bits per heavy atom. The largest absolute Gasteiger partial charge is 0.465 e. The molecule has 0 aromatic heterocycles. The highest BCUT2D eigenvalue weighted by Gasteiger charge is 2.25. The second kappa shape index (κ2) is 8.71.